The summed E-state index contributed by atoms with van der Waals surface area (Å²) in [5.74, 6) is 0.0971. The fourth-order valence-corrected chi connectivity index (χ4v) is 3.89. The van der Waals surface area contributed by atoms with Gasteiger partial charge >= 0.3 is 0 Å². The Balaban J connectivity index is 1.60. The molecular formula is C16H19N5O2S. The Labute approximate surface area is 144 Å². The van der Waals surface area contributed by atoms with Crippen LogP contribution in [0.25, 0.3) is 0 Å². The molecule has 1 unspecified atom stereocenters. The number of ether oxygens (including phenoxy) is 1. The van der Waals surface area contributed by atoms with Crippen molar-refractivity contribution in [2.24, 2.45) is 0 Å². The molecule has 1 aromatic carbocycles. The smallest absolute Gasteiger partial charge is 0.240 e. The van der Waals surface area contributed by atoms with Crippen LogP contribution in [0.5, 0.6) is 0 Å². The van der Waals surface area contributed by atoms with E-state index in [1.165, 1.54) is 11.8 Å². The van der Waals surface area contributed by atoms with Gasteiger partial charge in [-0.15, -0.1) is 5.10 Å². The summed E-state index contributed by atoms with van der Waals surface area (Å²) < 4.78 is 7.22. The van der Waals surface area contributed by atoms with Crippen LogP contribution in [-0.4, -0.2) is 57.3 Å². The van der Waals surface area contributed by atoms with E-state index >= 15 is 0 Å². The second-order valence-electron chi connectivity index (χ2n) is 5.98. The van der Waals surface area contributed by atoms with E-state index in [1.807, 2.05) is 39.9 Å². The van der Waals surface area contributed by atoms with E-state index < -0.39 is 0 Å². The zero-order chi connectivity index (χ0) is 16.4. The Morgan fingerprint density at radius 3 is 2.67 bits per heavy atom. The van der Waals surface area contributed by atoms with Crippen LogP contribution in [-0.2, 0) is 9.53 Å². The van der Waals surface area contributed by atoms with Crippen LogP contribution in [0, 0.1) is 0 Å². The van der Waals surface area contributed by atoms with Crippen LogP contribution in [0.3, 0.4) is 0 Å². The molecule has 0 bridgehead atoms. The summed E-state index contributed by atoms with van der Waals surface area (Å²) >= 11 is 1.44. The Bertz CT molecular complexity index is 698. The van der Waals surface area contributed by atoms with E-state index in [2.05, 4.69) is 15.5 Å². The molecule has 1 aliphatic heterocycles. The maximum absolute atomic E-state index is 13.1. The number of carbonyl (C=O) groups excluding carboxylic acids is 1. The lowest BCUT2D eigenvalue weighted by Crippen LogP contribution is -2.42. The first-order valence-electron chi connectivity index (χ1n) is 8.19. The van der Waals surface area contributed by atoms with Crippen molar-refractivity contribution in [3.63, 3.8) is 0 Å². The van der Waals surface area contributed by atoms with Gasteiger partial charge < -0.3 is 9.64 Å². The third kappa shape index (κ3) is 3.29. The molecule has 0 radical (unpaired) electrons. The highest BCUT2D eigenvalue weighted by Crippen LogP contribution is 2.41. The Hall–Kier alpha value is -1.93. The molecule has 4 rings (SSSR count). The summed E-state index contributed by atoms with van der Waals surface area (Å²) in [4.78, 5) is 15.0. The second kappa shape index (κ2) is 6.90. The minimum atomic E-state index is -0.340. The normalized spacial score (nSPS) is 19.2. The third-order valence-electron chi connectivity index (χ3n) is 4.23. The Morgan fingerprint density at radius 1 is 1.21 bits per heavy atom. The highest BCUT2D eigenvalue weighted by Gasteiger charge is 2.33. The lowest BCUT2D eigenvalue weighted by atomic mass is 10.1. The van der Waals surface area contributed by atoms with E-state index in [0.29, 0.717) is 37.5 Å². The average molecular weight is 345 g/mol. The summed E-state index contributed by atoms with van der Waals surface area (Å²) in [7, 11) is 0. The van der Waals surface area contributed by atoms with Crippen molar-refractivity contribution in [1.29, 1.82) is 0 Å². The SMILES string of the molecule is O=C(C(Sc1nnnn1C1CC1)c1ccccc1)N1CCOCC1. The first-order valence-corrected chi connectivity index (χ1v) is 9.07. The summed E-state index contributed by atoms with van der Waals surface area (Å²) in [6, 6.07) is 10.2. The molecule has 1 aliphatic carbocycles. The first kappa shape index (κ1) is 15.6. The zero-order valence-corrected chi connectivity index (χ0v) is 14.1. The van der Waals surface area contributed by atoms with Gasteiger partial charge in [0.05, 0.1) is 19.3 Å². The second-order valence-corrected chi connectivity index (χ2v) is 7.06. The van der Waals surface area contributed by atoms with Crippen molar-refractivity contribution in [3.8, 4) is 0 Å². The Kier molecular flexibility index (Phi) is 4.48. The van der Waals surface area contributed by atoms with Crippen molar-refractivity contribution in [3.05, 3.63) is 35.9 Å². The minimum absolute atomic E-state index is 0.0971. The number of hydrogen-bond donors (Lipinski definition) is 0. The molecule has 1 saturated heterocycles. The molecule has 2 heterocycles. The predicted octanol–water partition coefficient (Wildman–Crippen LogP) is 1.70. The number of morpholine rings is 1. The lowest BCUT2D eigenvalue weighted by Gasteiger charge is -2.30. The monoisotopic (exact) mass is 345 g/mol. The largest absolute Gasteiger partial charge is 0.378 e. The van der Waals surface area contributed by atoms with E-state index in [-0.39, 0.29) is 11.2 Å². The summed E-state index contributed by atoms with van der Waals surface area (Å²) in [6.45, 7) is 2.46. The third-order valence-corrected chi connectivity index (χ3v) is 5.42. The molecule has 0 N–H and O–H groups in total. The molecule has 2 fully saturated rings. The van der Waals surface area contributed by atoms with Gasteiger partial charge in [0.15, 0.2) is 0 Å². The lowest BCUT2D eigenvalue weighted by molar-refractivity contribution is -0.134. The number of aromatic nitrogens is 4. The predicted molar refractivity (Wildman–Crippen MR) is 88.5 cm³/mol. The highest BCUT2D eigenvalue weighted by molar-refractivity contribution is 8.00. The molecule has 24 heavy (non-hydrogen) atoms. The Morgan fingerprint density at radius 2 is 1.96 bits per heavy atom. The quantitative estimate of drug-likeness (QED) is 0.768. The molecule has 7 nitrogen and oxygen atoms in total. The van der Waals surface area contributed by atoms with Crippen molar-refractivity contribution in [2.75, 3.05) is 26.3 Å². The van der Waals surface area contributed by atoms with E-state index in [0.717, 1.165) is 18.4 Å². The maximum atomic E-state index is 13.1. The average Bonchev–Trinajstić information content (AvgIpc) is 3.39. The van der Waals surface area contributed by atoms with Gasteiger partial charge in [-0.05, 0) is 28.8 Å². The molecule has 2 aliphatic rings. The molecule has 126 valence electrons. The van der Waals surface area contributed by atoms with Crippen LogP contribution in [0.1, 0.15) is 29.7 Å². The van der Waals surface area contributed by atoms with Crippen LogP contribution < -0.4 is 0 Å². The number of rotatable bonds is 5. The van der Waals surface area contributed by atoms with Crippen LogP contribution in [0.2, 0.25) is 0 Å². The molecule has 0 spiro atoms. The van der Waals surface area contributed by atoms with Crippen molar-refractivity contribution in [1.82, 2.24) is 25.1 Å². The fourth-order valence-electron chi connectivity index (χ4n) is 2.76. The molecular weight excluding hydrogens is 326 g/mol. The fraction of sp³-hybridized carbons (Fsp3) is 0.500. The molecule has 1 saturated carbocycles. The molecule has 2 aromatic rings. The number of amides is 1. The number of thioether (sulfide) groups is 1. The van der Waals surface area contributed by atoms with Crippen LogP contribution in [0.4, 0.5) is 0 Å². The number of tetrazole rings is 1. The van der Waals surface area contributed by atoms with Crippen molar-refractivity contribution < 1.29 is 9.53 Å². The van der Waals surface area contributed by atoms with Gasteiger partial charge in [0.25, 0.3) is 0 Å². The van der Waals surface area contributed by atoms with Crippen LogP contribution >= 0.6 is 11.8 Å². The van der Waals surface area contributed by atoms with Gasteiger partial charge in [-0.1, -0.05) is 42.1 Å². The van der Waals surface area contributed by atoms with E-state index in [9.17, 15) is 4.79 Å². The topological polar surface area (TPSA) is 73.1 Å². The molecule has 1 atom stereocenters. The molecule has 8 heteroatoms. The van der Waals surface area contributed by atoms with Gasteiger partial charge in [-0.25, -0.2) is 4.68 Å². The summed E-state index contributed by atoms with van der Waals surface area (Å²) in [6.07, 6.45) is 2.21. The maximum Gasteiger partial charge on any atom is 0.240 e. The minimum Gasteiger partial charge on any atom is -0.378 e. The summed E-state index contributed by atoms with van der Waals surface area (Å²) in [5, 5.41) is 12.4. The number of carbonyl (C=O) groups is 1. The highest BCUT2D eigenvalue weighted by atomic mass is 32.2. The standard InChI is InChI=1S/C16H19N5O2S/c22-15(20-8-10-23-11-9-20)14(12-4-2-1-3-5-12)24-16-17-18-19-21(16)13-6-7-13/h1-5,13-14H,6-11H2. The summed E-state index contributed by atoms with van der Waals surface area (Å²) in [5.41, 5.74) is 0.976. The molecule has 1 amide bonds. The van der Waals surface area contributed by atoms with E-state index in [1.54, 1.807) is 0 Å². The van der Waals surface area contributed by atoms with Crippen molar-refractivity contribution >= 4 is 17.7 Å². The van der Waals surface area contributed by atoms with Crippen LogP contribution in [0.15, 0.2) is 35.5 Å². The van der Waals surface area contributed by atoms with Crippen molar-refractivity contribution in [2.45, 2.75) is 29.3 Å². The van der Waals surface area contributed by atoms with Gasteiger partial charge in [0.1, 0.15) is 5.25 Å². The first-order chi connectivity index (χ1) is 11.8. The zero-order valence-electron chi connectivity index (χ0n) is 13.2. The number of hydrogen-bond acceptors (Lipinski definition) is 6. The van der Waals surface area contributed by atoms with Gasteiger partial charge in [-0.3, -0.25) is 4.79 Å². The number of benzene rings is 1. The van der Waals surface area contributed by atoms with Gasteiger partial charge in [-0.2, -0.15) is 0 Å². The van der Waals surface area contributed by atoms with E-state index in [4.69, 9.17) is 4.74 Å². The van der Waals surface area contributed by atoms with Gasteiger partial charge in [0.2, 0.25) is 11.1 Å². The number of nitrogens with zero attached hydrogens (tertiary/aromatic N) is 5. The van der Waals surface area contributed by atoms with Gasteiger partial charge in [0, 0.05) is 13.1 Å². The molecule has 1 aromatic heterocycles.